The van der Waals surface area contributed by atoms with E-state index < -0.39 is 0 Å². The Hall–Kier alpha value is -3.02. The first kappa shape index (κ1) is 14.9. The maximum absolute atomic E-state index is 5.80. The van der Waals surface area contributed by atoms with E-state index in [0.717, 1.165) is 11.1 Å². The molecule has 0 spiro atoms. The first-order chi connectivity index (χ1) is 11.2. The van der Waals surface area contributed by atoms with Crippen molar-refractivity contribution in [3.05, 3.63) is 42.5 Å². The number of aromatic amines is 1. The number of nitrogens with zero attached hydrogens (tertiary/aromatic N) is 2. The largest absolute Gasteiger partial charge is 0.493 e. The van der Waals surface area contributed by atoms with Gasteiger partial charge in [0, 0.05) is 16.8 Å². The summed E-state index contributed by atoms with van der Waals surface area (Å²) in [4.78, 5) is 4.52. The molecule has 0 aliphatic heterocycles. The number of hydrogen-bond donors (Lipinski definition) is 2. The van der Waals surface area contributed by atoms with Crippen molar-refractivity contribution in [2.75, 3.05) is 19.5 Å². The third-order valence-electron chi connectivity index (χ3n) is 3.37. The van der Waals surface area contributed by atoms with Crippen LogP contribution in [0.2, 0.25) is 0 Å². The zero-order chi connectivity index (χ0) is 16.2. The molecule has 6 nitrogen and oxygen atoms in total. The number of anilines is 1. The second kappa shape index (κ2) is 6.39. The van der Waals surface area contributed by atoms with Crippen LogP contribution >= 0.6 is 0 Å². The van der Waals surface area contributed by atoms with Crippen LogP contribution in [0.4, 0.5) is 5.69 Å². The maximum Gasteiger partial charge on any atom is 0.181 e. The van der Waals surface area contributed by atoms with E-state index in [1.807, 2.05) is 49.4 Å². The van der Waals surface area contributed by atoms with E-state index in [-0.39, 0.29) is 0 Å². The lowest BCUT2D eigenvalue weighted by atomic mass is 10.2. The third-order valence-corrected chi connectivity index (χ3v) is 3.37. The first-order valence-electron chi connectivity index (χ1n) is 7.30. The molecule has 0 aliphatic rings. The molecule has 23 heavy (non-hydrogen) atoms. The predicted octanol–water partition coefficient (Wildman–Crippen LogP) is 3.13. The van der Waals surface area contributed by atoms with Crippen LogP contribution in [0.3, 0.4) is 0 Å². The van der Waals surface area contributed by atoms with Crippen LogP contribution in [0.5, 0.6) is 11.5 Å². The lowest BCUT2D eigenvalue weighted by Gasteiger charge is -2.09. The summed E-state index contributed by atoms with van der Waals surface area (Å²) in [5.41, 5.74) is 8.21. The molecule has 0 radical (unpaired) electrons. The normalized spacial score (nSPS) is 10.5. The minimum absolute atomic E-state index is 0.581. The smallest absolute Gasteiger partial charge is 0.181 e. The minimum atomic E-state index is 0.581. The van der Waals surface area contributed by atoms with E-state index in [2.05, 4.69) is 15.2 Å². The van der Waals surface area contributed by atoms with Gasteiger partial charge < -0.3 is 15.2 Å². The lowest BCUT2D eigenvalue weighted by Crippen LogP contribution is -1.95. The topological polar surface area (TPSA) is 86.0 Å². The zero-order valence-electron chi connectivity index (χ0n) is 13.0. The molecule has 0 saturated carbocycles. The van der Waals surface area contributed by atoms with Crippen molar-refractivity contribution in [1.29, 1.82) is 0 Å². The number of rotatable bonds is 5. The Morgan fingerprint density at radius 3 is 2.70 bits per heavy atom. The molecule has 0 atom stereocenters. The van der Waals surface area contributed by atoms with Crippen molar-refractivity contribution in [3.63, 3.8) is 0 Å². The van der Waals surface area contributed by atoms with Gasteiger partial charge in [-0.15, -0.1) is 0 Å². The highest BCUT2D eigenvalue weighted by atomic mass is 16.5. The quantitative estimate of drug-likeness (QED) is 0.707. The van der Waals surface area contributed by atoms with Gasteiger partial charge in [0.05, 0.1) is 13.7 Å². The Morgan fingerprint density at radius 1 is 1.09 bits per heavy atom. The molecule has 1 heterocycles. The Morgan fingerprint density at radius 2 is 1.96 bits per heavy atom. The average molecular weight is 310 g/mol. The molecule has 3 rings (SSSR count). The average Bonchev–Trinajstić information content (AvgIpc) is 3.05. The predicted molar refractivity (Wildman–Crippen MR) is 89.4 cm³/mol. The van der Waals surface area contributed by atoms with Crippen molar-refractivity contribution in [2.45, 2.75) is 6.92 Å². The molecule has 0 aliphatic carbocycles. The highest BCUT2D eigenvalue weighted by Crippen LogP contribution is 2.32. The van der Waals surface area contributed by atoms with Gasteiger partial charge >= 0.3 is 0 Å². The molecule has 118 valence electrons. The van der Waals surface area contributed by atoms with Crippen LogP contribution in [0, 0.1) is 0 Å². The molecule has 0 saturated heterocycles. The number of aromatic nitrogens is 3. The Bertz CT molecular complexity index is 814. The monoisotopic (exact) mass is 310 g/mol. The van der Waals surface area contributed by atoms with Crippen LogP contribution in [0.25, 0.3) is 22.8 Å². The van der Waals surface area contributed by atoms with Crippen LogP contribution < -0.4 is 15.2 Å². The zero-order valence-corrected chi connectivity index (χ0v) is 13.0. The molecule has 0 unspecified atom stereocenters. The number of H-pyrrole nitrogens is 1. The van der Waals surface area contributed by atoms with E-state index in [1.54, 1.807) is 7.11 Å². The van der Waals surface area contributed by atoms with E-state index in [4.69, 9.17) is 15.2 Å². The number of hydrogen-bond acceptors (Lipinski definition) is 5. The summed E-state index contributed by atoms with van der Waals surface area (Å²) in [5, 5.41) is 7.20. The van der Waals surface area contributed by atoms with E-state index in [9.17, 15) is 0 Å². The molecule has 0 bridgehead atoms. The SMILES string of the molecule is CCOc1ccc(-c2nc(-c3cccc(N)c3)n[nH]2)cc1OC. The van der Waals surface area contributed by atoms with Gasteiger partial charge in [0.2, 0.25) is 0 Å². The van der Waals surface area contributed by atoms with Gasteiger partial charge in [0.15, 0.2) is 23.1 Å². The first-order valence-corrected chi connectivity index (χ1v) is 7.30. The fourth-order valence-electron chi connectivity index (χ4n) is 2.29. The molecular weight excluding hydrogens is 292 g/mol. The maximum atomic E-state index is 5.80. The number of nitrogens with two attached hydrogens (primary N) is 1. The van der Waals surface area contributed by atoms with Crippen LogP contribution in [0.15, 0.2) is 42.5 Å². The number of nitrogens with one attached hydrogen (secondary N) is 1. The van der Waals surface area contributed by atoms with Gasteiger partial charge in [-0.3, -0.25) is 5.10 Å². The van der Waals surface area contributed by atoms with Crippen LogP contribution in [-0.4, -0.2) is 28.9 Å². The summed E-state index contributed by atoms with van der Waals surface area (Å²) in [6, 6.07) is 13.1. The van der Waals surface area contributed by atoms with Gasteiger partial charge in [0.1, 0.15) is 0 Å². The van der Waals surface area contributed by atoms with Crippen molar-refractivity contribution in [1.82, 2.24) is 15.2 Å². The number of methoxy groups -OCH3 is 1. The van der Waals surface area contributed by atoms with Crippen molar-refractivity contribution >= 4 is 5.69 Å². The second-order valence-electron chi connectivity index (χ2n) is 4.93. The van der Waals surface area contributed by atoms with Crippen molar-refractivity contribution in [3.8, 4) is 34.3 Å². The Labute approximate surface area is 134 Å². The molecule has 2 aromatic carbocycles. The summed E-state index contributed by atoms with van der Waals surface area (Å²) >= 11 is 0. The summed E-state index contributed by atoms with van der Waals surface area (Å²) in [6.07, 6.45) is 0. The standard InChI is InChI=1S/C17H18N4O2/c1-3-23-14-8-7-12(10-15(14)22-2)17-19-16(20-21-17)11-5-4-6-13(18)9-11/h4-10H,3,18H2,1-2H3,(H,19,20,21). The molecular formula is C17H18N4O2. The van der Waals surface area contributed by atoms with Gasteiger partial charge in [-0.25, -0.2) is 4.98 Å². The summed E-state index contributed by atoms with van der Waals surface area (Å²) < 4.78 is 10.9. The molecule has 1 aromatic heterocycles. The molecule has 0 fully saturated rings. The number of benzene rings is 2. The minimum Gasteiger partial charge on any atom is -0.493 e. The summed E-state index contributed by atoms with van der Waals surface area (Å²) in [6.45, 7) is 2.51. The van der Waals surface area contributed by atoms with E-state index >= 15 is 0 Å². The number of nitrogen functional groups attached to an aromatic ring is 1. The van der Waals surface area contributed by atoms with Crippen molar-refractivity contribution < 1.29 is 9.47 Å². The molecule has 3 aromatic rings. The Kier molecular flexibility index (Phi) is 4.14. The van der Waals surface area contributed by atoms with Crippen LogP contribution in [-0.2, 0) is 0 Å². The van der Waals surface area contributed by atoms with E-state index in [0.29, 0.717) is 35.4 Å². The van der Waals surface area contributed by atoms with Crippen molar-refractivity contribution in [2.24, 2.45) is 0 Å². The Balaban J connectivity index is 1.94. The van der Waals surface area contributed by atoms with Crippen LogP contribution in [0.1, 0.15) is 6.92 Å². The summed E-state index contributed by atoms with van der Waals surface area (Å²) in [7, 11) is 1.61. The number of ether oxygens (including phenoxy) is 2. The highest BCUT2D eigenvalue weighted by molar-refractivity contribution is 5.66. The molecule has 3 N–H and O–H groups in total. The highest BCUT2D eigenvalue weighted by Gasteiger charge is 2.11. The van der Waals surface area contributed by atoms with Gasteiger partial charge in [-0.05, 0) is 37.3 Å². The second-order valence-corrected chi connectivity index (χ2v) is 4.93. The summed E-state index contributed by atoms with van der Waals surface area (Å²) in [5.74, 6) is 2.62. The fraction of sp³-hybridized carbons (Fsp3) is 0.176. The fourth-order valence-corrected chi connectivity index (χ4v) is 2.29. The molecule has 0 amide bonds. The molecule has 6 heteroatoms. The van der Waals surface area contributed by atoms with Gasteiger partial charge in [0.25, 0.3) is 0 Å². The third kappa shape index (κ3) is 3.11. The van der Waals surface area contributed by atoms with Gasteiger partial charge in [-0.2, -0.15) is 5.10 Å². The van der Waals surface area contributed by atoms with Gasteiger partial charge in [-0.1, -0.05) is 12.1 Å². The lowest BCUT2D eigenvalue weighted by molar-refractivity contribution is 0.311. The van der Waals surface area contributed by atoms with E-state index in [1.165, 1.54) is 0 Å².